The van der Waals surface area contributed by atoms with Gasteiger partial charge in [-0.3, -0.25) is 9.18 Å². The van der Waals surface area contributed by atoms with Crippen LogP contribution in [0.25, 0.3) is 0 Å². The predicted molar refractivity (Wildman–Crippen MR) is 106 cm³/mol. The zero-order chi connectivity index (χ0) is 21.0. The zero-order valence-corrected chi connectivity index (χ0v) is 17.1. The van der Waals surface area contributed by atoms with Gasteiger partial charge in [-0.2, -0.15) is 0 Å². The van der Waals surface area contributed by atoms with Gasteiger partial charge in [-0.05, 0) is 18.2 Å². The quantitative estimate of drug-likeness (QED) is 0.761. The lowest BCUT2D eigenvalue weighted by molar-refractivity contribution is 0.0554. The number of alkyl halides is 1. The Labute approximate surface area is 173 Å². The third-order valence-corrected chi connectivity index (χ3v) is 6.22. The first-order valence-electron chi connectivity index (χ1n) is 10.0. The Balaban J connectivity index is 1.55. The number of carbonyl (C=O) groups is 1. The van der Waals surface area contributed by atoms with Gasteiger partial charge < -0.3 is 23.7 Å². The van der Waals surface area contributed by atoms with E-state index in [9.17, 15) is 9.18 Å². The molecule has 0 radical (unpaired) electrons. The highest BCUT2D eigenvalue weighted by molar-refractivity contribution is 6.06. The Morgan fingerprint density at radius 3 is 2.63 bits per heavy atom. The van der Waals surface area contributed by atoms with Gasteiger partial charge in [0, 0.05) is 29.5 Å². The molecule has 6 nitrogen and oxygen atoms in total. The summed E-state index contributed by atoms with van der Waals surface area (Å²) in [5, 5.41) is 0. The highest BCUT2D eigenvalue weighted by Crippen LogP contribution is 2.49. The number of Topliss-reactive ketones (excluding diaryl/α,β-unsaturated/α-hetero) is 1. The topological polar surface area (TPSA) is 63.2 Å². The fourth-order valence-corrected chi connectivity index (χ4v) is 4.51. The van der Waals surface area contributed by atoms with Crippen LogP contribution in [0.2, 0.25) is 0 Å². The van der Waals surface area contributed by atoms with Crippen molar-refractivity contribution in [2.24, 2.45) is 5.92 Å². The van der Waals surface area contributed by atoms with Crippen molar-refractivity contribution in [3.05, 3.63) is 41.0 Å². The number of hydrogen-bond acceptors (Lipinski definition) is 6. The average Bonchev–Trinajstić information content (AvgIpc) is 3.22. The van der Waals surface area contributed by atoms with E-state index < -0.39 is 18.7 Å². The van der Waals surface area contributed by atoms with Gasteiger partial charge >= 0.3 is 0 Å². The lowest BCUT2D eigenvalue weighted by atomic mass is 9.81. The number of halogens is 1. The van der Waals surface area contributed by atoms with Crippen molar-refractivity contribution in [1.82, 2.24) is 0 Å². The van der Waals surface area contributed by atoms with Gasteiger partial charge in [0.05, 0.1) is 32.4 Å². The van der Waals surface area contributed by atoms with Crippen molar-refractivity contribution in [2.45, 2.75) is 31.5 Å². The number of rotatable bonds is 4. The molecule has 4 atom stereocenters. The minimum Gasteiger partial charge on any atom is -0.493 e. The molecule has 30 heavy (non-hydrogen) atoms. The summed E-state index contributed by atoms with van der Waals surface area (Å²) in [5.74, 6) is 2.12. The van der Waals surface area contributed by atoms with Gasteiger partial charge in [-0.25, -0.2) is 0 Å². The normalized spacial score (nSPS) is 24.3. The van der Waals surface area contributed by atoms with Gasteiger partial charge in [0.15, 0.2) is 17.3 Å². The number of carbonyl (C=O) groups excluding carboxylic acids is 1. The van der Waals surface area contributed by atoms with E-state index in [4.69, 9.17) is 23.7 Å². The van der Waals surface area contributed by atoms with E-state index in [-0.39, 0.29) is 24.4 Å². The summed E-state index contributed by atoms with van der Waals surface area (Å²) in [7, 11) is 3.11. The van der Waals surface area contributed by atoms with Crippen LogP contribution in [0.1, 0.15) is 34.3 Å². The van der Waals surface area contributed by atoms with E-state index in [1.807, 2.05) is 6.92 Å². The van der Waals surface area contributed by atoms with Crippen LogP contribution in [0.4, 0.5) is 4.39 Å². The maximum Gasteiger partial charge on any atom is 0.178 e. The van der Waals surface area contributed by atoms with E-state index in [2.05, 4.69) is 0 Å². The molecule has 3 unspecified atom stereocenters. The van der Waals surface area contributed by atoms with Gasteiger partial charge in [-0.1, -0.05) is 6.92 Å². The molecule has 0 aromatic heterocycles. The van der Waals surface area contributed by atoms with E-state index >= 15 is 0 Å². The number of methoxy groups -OCH3 is 2. The Morgan fingerprint density at radius 2 is 1.90 bits per heavy atom. The van der Waals surface area contributed by atoms with E-state index in [0.29, 0.717) is 40.7 Å². The standard InChI is InChI=1S/C23H23FO6/c1-11(9-24)16-7-14-15(29-16)5-4-12-22(25)21-13-6-18(26-2)19(27-3)8-17(13)28-10-20(21)30-23(12)14/h4-6,8,11,16,20-21H,7,9-10H2,1-3H3/t11?,16-,20?,21?/m0/s1/i24-1. The molecule has 0 amide bonds. The molecule has 2 aromatic carbocycles. The lowest BCUT2D eigenvalue weighted by Gasteiger charge is -2.37. The van der Waals surface area contributed by atoms with Gasteiger partial charge in [0.2, 0.25) is 0 Å². The average molecular weight is 413 g/mol. The van der Waals surface area contributed by atoms with Crippen LogP contribution in [0.3, 0.4) is 0 Å². The van der Waals surface area contributed by atoms with Crippen LogP contribution in [0, 0.1) is 5.92 Å². The van der Waals surface area contributed by atoms with Crippen LogP contribution in [0.15, 0.2) is 24.3 Å². The summed E-state index contributed by atoms with van der Waals surface area (Å²) >= 11 is 0. The minimum atomic E-state index is -0.498. The summed E-state index contributed by atoms with van der Waals surface area (Å²) in [5.41, 5.74) is 2.08. The maximum atomic E-state index is 13.5. The minimum absolute atomic E-state index is 0.0252. The van der Waals surface area contributed by atoms with Crippen LogP contribution < -0.4 is 23.7 Å². The number of fused-ring (bicyclic) bond motifs is 6. The fraction of sp³-hybridized carbons (Fsp3) is 0.435. The predicted octanol–water partition coefficient (Wildman–Crippen LogP) is 3.73. The molecular weight excluding hydrogens is 390 g/mol. The third-order valence-electron chi connectivity index (χ3n) is 6.22. The largest absolute Gasteiger partial charge is 0.493 e. The first kappa shape index (κ1) is 19.0. The zero-order valence-electron chi connectivity index (χ0n) is 17.1. The Bertz CT molecular complexity index is 1020. The monoisotopic (exact) mass is 413 g/mol. The van der Waals surface area contributed by atoms with Gasteiger partial charge in [0.25, 0.3) is 0 Å². The summed E-state index contributed by atoms with van der Waals surface area (Å²) in [4.78, 5) is 13.5. The second-order valence-corrected chi connectivity index (χ2v) is 7.97. The number of ether oxygens (including phenoxy) is 5. The molecule has 7 heteroatoms. The second-order valence-electron chi connectivity index (χ2n) is 7.97. The molecule has 5 rings (SSSR count). The van der Waals surface area contributed by atoms with Crippen LogP contribution in [-0.4, -0.2) is 45.5 Å². The fourth-order valence-electron chi connectivity index (χ4n) is 4.51. The Kier molecular flexibility index (Phi) is 4.49. The van der Waals surface area contributed by atoms with Crippen molar-refractivity contribution >= 4 is 5.78 Å². The van der Waals surface area contributed by atoms with Crippen LogP contribution in [0.5, 0.6) is 28.7 Å². The van der Waals surface area contributed by atoms with Crippen LogP contribution in [-0.2, 0) is 6.42 Å². The summed E-state index contributed by atoms with van der Waals surface area (Å²) in [6.07, 6.45) is -0.191. The Hall–Kier alpha value is -2.96. The first-order valence-corrected chi connectivity index (χ1v) is 10.0. The molecule has 0 saturated carbocycles. The van der Waals surface area contributed by atoms with E-state index in [0.717, 1.165) is 11.1 Å². The van der Waals surface area contributed by atoms with E-state index in [1.54, 1.807) is 38.5 Å². The molecule has 0 bridgehead atoms. The molecule has 0 fully saturated rings. The van der Waals surface area contributed by atoms with Crippen molar-refractivity contribution in [2.75, 3.05) is 27.5 Å². The highest BCUT2D eigenvalue weighted by Gasteiger charge is 2.45. The Morgan fingerprint density at radius 1 is 1.13 bits per heavy atom. The number of hydrogen-bond donors (Lipinski definition) is 0. The van der Waals surface area contributed by atoms with Crippen molar-refractivity contribution in [3.63, 3.8) is 0 Å². The molecule has 3 aliphatic rings. The summed E-state index contributed by atoms with van der Waals surface area (Å²) in [6.45, 7) is 1.60. The molecule has 0 spiro atoms. The van der Waals surface area contributed by atoms with Crippen LogP contribution >= 0.6 is 0 Å². The maximum absolute atomic E-state index is 13.5. The highest BCUT2D eigenvalue weighted by atomic mass is 18.2. The molecule has 0 saturated heterocycles. The first-order chi connectivity index (χ1) is 14.5. The smallest absolute Gasteiger partial charge is 0.178 e. The molecule has 3 heterocycles. The van der Waals surface area contributed by atoms with E-state index in [1.165, 1.54) is 0 Å². The molecular formula is C23H23FO6. The third kappa shape index (κ3) is 2.71. The molecule has 0 aliphatic carbocycles. The van der Waals surface area contributed by atoms with Crippen molar-refractivity contribution in [3.8, 4) is 28.7 Å². The molecule has 158 valence electrons. The van der Waals surface area contributed by atoms with Gasteiger partial charge in [-0.15, -0.1) is 0 Å². The van der Waals surface area contributed by atoms with Crippen molar-refractivity contribution < 1.29 is 32.9 Å². The SMILES string of the molecule is COc1cc2c(cc1OC)C1C(=O)c3ccc4c(c3OC1CO2)C[C@@H](C(C)C[18F])O4. The molecule has 3 aliphatic heterocycles. The number of benzene rings is 2. The van der Waals surface area contributed by atoms with Crippen molar-refractivity contribution in [1.29, 1.82) is 0 Å². The number of ketones is 1. The lowest BCUT2D eigenvalue weighted by Crippen LogP contribution is -2.43. The summed E-state index contributed by atoms with van der Waals surface area (Å²) in [6, 6.07) is 7.06. The molecule has 2 aromatic rings. The second kappa shape index (κ2) is 7.07. The summed E-state index contributed by atoms with van der Waals surface area (Å²) < 4.78 is 42.0. The molecule has 0 N–H and O–H groups in total. The van der Waals surface area contributed by atoms with Gasteiger partial charge in [0.1, 0.15) is 36.1 Å².